The first-order chi connectivity index (χ1) is 11.7. The molecule has 1 aromatic carbocycles. The van der Waals surface area contributed by atoms with Crippen molar-refractivity contribution < 1.29 is 9.47 Å². The Balaban J connectivity index is 1.58. The molecule has 2 N–H and O–H groups in total. The first-order valence-corrected chi connectivity index (χ1v) is 9.48. The Kier molecular flexibility index (Phi) is 3.45. The van der Waals surface area contributed by atoms with Gasteiger partial charge in [0.25, 0.3) is 0 Å². The third-order valence-electron chi connectivity index (χ3n) is 6.80. The van der Waals surface area contributed by atoms with Crippen molar-refractivity contribution >= 4 is 0 Å². The maximum absolute atomic E-state index is 6.41. The molecular formula is C20H28N2O2. The van der Waals surface area contributed by atoms with Crippen LogP contribution in [0.1, 0.15) is 36.8 Å². The summed E-state index contributed by atoms with van der Waals surface area (Å²) in [5.74, 6) is 1.89. The quantitative estimate of drug-likeness (QED) is 0.923. The Labute approximate surface area is 144 Å². The zero-order valence-corrected chi connectivity index (χ0v) is 14.5. The highest BCUT2D eigenvalue weighted by molar-refractivity contribution is 5.46. The molecule has 1 aromatic rings. The molecule has 3 fully saturated rings. The lowest BCUT2D eigenvalue weighted by Gasteiger charge is -2.59. The summed E-state index contributed by atoms with van der Waals surface area (Å²) in [6.07, 6.45) is 6.44. The lowest BCUT2D eigenvalue weighted by molar-refractivity contribution is -0.134. The molecule has 4 unspecified atom stereocenters. The van der Waals surface area contributed by atoms with Gasteiger partial charge in [0, 0.05) is 24.0 Å². The SMILES string of the molecule is COc1ccc2c(c1)C13CCN(CC4CC4)C(C2)C1OCC(N)C3. The zero-order valence-electron chi connectivity index (χ0n) is 14.5. The highest BCUT2D eigenvalue weighted by Gasteiger charge is 2.56. The van der Waals surface area contributed by atoms with Gasteiger partial charge in [0.15, 0.2) is 0 Å². The maximum atomic E-state index is 6.41. The van der Waals surface area contributed by atoms with Crippen LogP contribution in [0.15, 0.2) is 18.2 Å². The number of hydrogen-bond donors (Lipinski definition) is 1. The van der Waals surface area contributed by atoms with Gasteiger partial charge in [-0.3, -0.25) is 4.90 Å². The van der Waals surface area contributed by atoms with Crippen molar-refractivity contribution in [3.05, 3.63) is 29.3 Å². The smallest absolute Gasteiger partial charge is 0.119 e. The van der Waals surface area contributed by atoms with E-state index in [4.69, 9.17) is 15.2 Å². The van der Waals surface area contributed by atoms with Crippen molar-refractivity contribution in [2.45, 2.75) is 55.7 Å². The largest absolute Gasteiger partial charge is 0.497 e. The molecule has 2 heterocycles. The Morgan fingerprint density at radius 2 is 2.25 bits per heavy atom. The predicted octanol–water partition coefficient (Wildman–Crippen LogP) is 2.09. The first kappa shape index (κ1) is 15.2. The van der Waals surface area contributed by atoms with E-state index in [1.807, 2.05) is 0 Å². The number of nitrogens with zero attached hydrogens (tertiary/aromatic N) is 1. The van der Waals surface area contributed by atoms with Gasteiger partial charge >= 0.3 is 0 Å². The second kappa shape index (κ2) is 5.45. The summed E-state index contributed by atoms with van der Waals surface area (Å²) in [7, 11) is 1.75. The van der Waals surface area contributed by atoms with Gasteiger partial charge in [-0.2, -0.15) is 0 Å². The fourth-order valence-electron chi connectivity index (χ4n) is 5.50. The maximum Gasteiger partial charge on any atom is 0.119 e. The Morgan fingerprint density at radius 3 is 3.04 bits per heavy atom. The minimum atomic E-state index is 0.0878. The number of likely N-dealkylation sites (tertiary alicyclic amines) is 1. The van der Waals surface area contributed by atoms with Crippen LogP contribution >= 0.6 is 0 Å². The van der Waals surface area contributed by atoms with Gasteiger partial charge in [0.05, 0.1) is 19.8 Å². The van der Waals surface area contributed by atoms with Crippen molar-refractivity contribution in [3.63, 3.8) is 0 Å². The number of benzene rings is 1. The summed E-state index contributed by atoms with van der Waals surface area (Å²) in [5.41, 5.74) is 9.37. The van der Waals surface area contributed by atoms with Crippen LogP contribution < -0.4 is 10.5 Å². The molecule has 0 amide bonds. The van der Waals surface area contributed by atoms with E-state index >= 15 is 0 Å². The molecule has 2 saturated heterocycles. The lowest BCUT2D eigenvalue weighted by Crippen LogP contribution is -2.68. The zero-order chi connectivity index (χ0) is 16.3. The number of hydrogen-bond acceptors (Lipinski definition) is 4. The van der Waals surface area contributed by atoms with Gasteiger partial charge in [-0.25, -0.2) is 0 Å². The number of fused-ring (bicyclic) bond motifs is 1. The van der Waals surface area contributed by atoms with E-state index in [0.717, 1.165) is 30.9 Å². The molecule has 24 heavy (non-hydrogen) atoms. The lowest BCUT2D eigenvalue weighted by atomic mass is 9.58. The van der Waals surface area contributed by atoms with Gasteiger partial charge < -0.3 is 15.2 Å². The summed E-state index contributed by atoms with van der Waals surface area (Å²) in [6, 6.07) is 7.32. The van der Waals surface area contributed by atoms with Gasteiger partial charge in [0.2, 0.25) is 0 Å². The third-order valence-corrected chi connectivity index (χ3v) is 6.80. The van der Waals surface area contributed by atoms with Gasteiger partial charge in [-0.15, -0.1) is 0 Å². The second-order valence-electron chi connectivity index (χ2n) is 8.36. The molecule has 4 nitrogen and oxygen atoms in total. The Hall–Kier alpha value is -1.10. The standard InChI is InChI=1S/C20H28N2O2/c1-23-16-5-4-14-8-18-19-20(17(14)9-16,10-15(21)12-24-19)6-7-22(18)11-13-2-3-13/h4-5,9,13,15,18-19H,2-3,6-8,10-12,21H2,1H3. The van der Waals surface area contributed by atoms with Gasteiger partial charge in [0.1, 0.15) is 5.75 Å². The first-order valence-electron chi connectivity index (χ1n) is 9.48. The van der Waals surface area contributed by atoms with Crippen molar-refractivity contribution in [2.75, 3.05) is 26.8 Å². The van der Waals surface area contributed by atoms with E-state index in [-0.39, 0.29) is 11.5 Å². The fraction of sp³-hybridized carbons (Fsp3) is 0.700. The summed E-state index contributed by atoms with van der Waals surface area (Å²) in [6.45, 7) is 3.15. The highest BCUT2D eigenvalue weighted by Crippen LogP contribution is 2.52. The molecular weight excluding hydrogens is 300 g/mol. The van der Waals surface area contributed by atoms with Crippen molar-refractivity contribution in [3.8, 4) is 5.75 Å². The normalized spacial score (nSPS) is 38.3. The molecule has 0 aromatic heterocycles. The number of rotatable bonds is 3. The molecule has 4 heteroatoms. The predicted molar refractivity (Wildman–Crippen MR) is 93.4 cm³/mol. The third kappa shape index (κ3) is 2.23. The van der Waals surface area contributed by atoms with Crippen LogP contribution in [0, 0.1) is 5.92 Å². The minimum Gasteiger partial charge on any atom is -0.497 e. The van der Waals surface area contributed by atoms with E-state index in [1.165, 1.54) is 37.1 Å². The fourth-order valence-corrected chi connectivity index (χ4v) is 5.50. The van der Waals surface area contributed by atoms with Crippen molar-refractivity contribution in [1.29, 1.82) is 0 Å². The number of nitrogens with two attached hydrogens (primary N) is 1. The average molecular weight is 328 g/mol. The van der Waals surface area contributed by atoms with E-state index < -0.39 is 0 Å². The summed E-state index contributed by atoms with van der Waals surface area (Å²) >= 11 is 0. The van der Waals surface area contributed by atoms with Crippen LogP contribution in [0.5, 0.6) is 5.75 Å². The number of piperidine rings is 1. The van der Waals surface area contributed by atoms with Crippen LogP contribution in [0.25, 0.3) is 0 Å². The molecule has 4 atom stereocenters. The van der Waals surface area contributed by atoms with Crippen LogP contribution in [-0.4, -0.2) is 49.9 Å². The van der Waals surface area contributed by atoms with Gasteiger partial charge in [-0.05, 0) is 67.8 Å². The average Bonchev–Trinajstić information content (AvgIpc) is 3.41. The molecule has 4 aliphatic rings. The molecule has 1 saturated carbocycles. The highest BCUT2D eigenvalue weighted by atomic mass is 16.5. The minimum absolute atomic E-state index is 0.0878. The molecule has 2 bridgehead atoms. The van der Waals surface area contributed by atoms with Crippen LogP contribution in [0.3, 0.4) is 0 Å². The molecule has 0 spiro atoms. The van der Waals surface area contributed by atoms with Crippen LogP contribution in [-0.2, 0) is 16.6 Å². The Bertz CT molecular complexity index is 645. The van der Waals surface area contributed by atoms with E-state index in [2.05, 4.69) is 23.1 Å². The molecule has 5 rings (SSSR count). The topological polar surface area (TPSA) is 47.7 Å². The Morgan fingerprint density at radius 1 is 1.38 bits per heavy atom. The molecule has 2 aliphatic heterocycles. The summed E-state index contributed by atoms with van der Waals surface area (Å²) in [5, 5.41) is 0. The summed E-state index contributed by atoms with van der Waals surface area (Å²) < 4.78 is 11.9. The summed E-state index contributed by atoms with van der Waals surface area (Å²) in [4.78, 5) is 2.73. The number of ether oxygens (including phenoxy) is 2. The second-order valence-corrected chi connectivity index (χ2v) is 8.36. The number of methoxy groups -OCH3 is 1. The van der Waals surface area contributed by atoms with Gasteiger partial charge in [-0.1, -0.05) is 6.07 Å². The molecule has 130 valence electrons. The van der Waals surface area contributed by atoms with E-state index in [9.17, 15) is 0 Å². The molecule has 2 aliphatic carbocycles. The van der Waals surface area contributed by atoms with Crippen molar-refractivity contribution in [1.82, 2.24) is 4.90 Å². The monoisotopic (exact) mass is 328 g/mol. The van der Waals surface area contributed by atoms with E-state index in [0.29, 0.717) is 18.8 Å². The van der Waals surface area contributed by atoms with Crippen LogP contribution in [0.2, 0.25) is 0 Å². The molecule has 0 radical (unpaired) electrons. The van der Waals surface area contributed by atoms with Crippen molar-refractivity contribution in [2.24, 2.45) is 11.7 Å². The van der Waals surface area contributed by atoms with Crippen LogP contribution in [0.4, 0.5) is 0 Å². The van der Waals surface area contributed by atoms with E-state index in [1.54, 1.807) is 7.11 Å².